The Morgan fingerprint density at radius 3 is 2.36 bits per heavy atom. The van der Waals surface area contributed by atoms with Crippen molar-refractivity contribution >= 4 is 22.6 Å². The molecule has 1 heterocycles. The zero-order chi connectivity index (χ0) is 16.2. The molecule has 1 aliphatic rings. The van der Waals surface area contributed by atoms with Crippen LogP contribution in [0.1, 0.15) is 37.0 Å². The summed E-state index contributed by atoms with van der Waals surface area (Å²) in [4.78, 5) is 23.9. The normalized spacial score (nSPS) is 24.5. The highest BCUT2D eigenvalue weighted by Crippen LogP contribution is 2.29. The monoisotopic (exact) mass is 319 g/mol. The molecule has 1 aromatic carbocycles. The van der Waals surface area contributed by atoms with Crippen molar-refractivity contribution < 1.29 is 14.3 Å². The number of ether oxygens (including phenoxy) is 1. The molecule has 1 fully saturated rings. The van der Waals surface area contributed by atoms with Crippen molar-refractivity contribution in [2.75, 3.05) is 17.3 Å². The maximum Gasteiger partial charge on any atom is 0.333 e. The highest BCUT2D eigenvalue weighted by atomic mass is 32.2. The van der Waals surface area contributed by atoms with E-state index < -0.39 is 5.60 Å². The van der Waals surface area contributed by atoms with E-state index in [-0.39, 0.29) is 22.6 Å². The van der Waals surface area contributed by atoms with Crippen LogP contribution in [0.5, 0.6) is 0 Å². The van der Waals surface area contributed by atoms with E-state index in [1.165, 1.54) is 0 Å². The number of hydrogen-bond acceptors (Lipinski definition) is 3. The molecule has 0 unspecified atom stereocenters. The number of esters is 1. The minimum Gasteiger partial charge on any atom is -0.456 e. The van der Waals surface area contributed by atoms with E-state index in [2.05, 4.69) is 6.58 Å². The molecule has 1 aromatic rings. The largest absolute Gasteiger partial charge is 0.456 e. The molecule has 0 aliphatic carbocycles. The SMILES string of the molecule is C=C(C)C(=O)OC1(C)CC[S+](CC(=O)c2ccccc2)CC1. The summed E-state index contributed by atoms with van der Waals surface area (Å²) in [6, 6.07) is 9.44. The fourth-order valence-corrected chi connectivity index (χ4v) is 4.87. The van der Waals surface area contributed by atoms with Crippen molar-refractivity contribution in [3.05, 3.63) is 48.0 Å². The number of benzene rings is 1. The van der Waals surface area contributed by atoms with E-state index in [4.69, 9.17) is 4.74 Å². The summed E-state index contributed by atoms with van der Waals surface area (Å²) in [6.07, 6.45) is 1.63. The average Bonchev–Trinajstić information content (AvgIpc) is 2.50. The fraction of sp³-hybridized carbons (Fsp3) is 0.444. The molecule has 118 valence electrons. The average molecular weight is 319 g/mol. The van der Waals surface area contributed by atoms with Crippen LogP contribution in [0, 0.1) is 0 Å². The van der Waals surface area contributed by atoms with Gasteiger partial charge in [-0.15, -0.1) is 0 Å². The van der Waals surface area contributed by atoms with E-state index in [1.54, 1.807) is 6.92 Å². The lowest BCUT2D eigenvalue weighted by molar-refractivity contribution is -0.153. The first kappa shape index (κ1) is 16.8. The number of carbonyl (C=O) groups excluding carboxylic acids is 2. The molecular weight excluding hydrogens is 296 g/mol. The Hall–Kier alpha value is -1.55. The molecule has 0 amide bonds. The number of hydrogen-bond donors (Lipinski definition) is 0. The first-order valence-corrected chi connectivity index (χ1v) is 9.24. The highest BCUT2D eigenvalue weighted by Gasteiger charge is 2.40. The van der Waals surface area contributed by atoms with Crippen molar-refractivity contribution in [3.63, 3.8) is 0 Å². The molecule has 22 heavy (non-hydrogen) atoms. The minimum atomic E-state index is -0.407. The van der Waals surface area contributed by atoms with E-state index in [0.717, 1.165) is 29.9 Å². The van der Waals surface area contributed by atoms with Crippen molar-refractivity contribution in [2.24, 2.45) is 0 Å². The molecular formula is C18H23O3S+. The summed E-state index contributed by atoms with van der Waals surface area (Å²) in [5.74, 6) is 2.39. The zero-order valence-corrected chi connectivity index (χ0v) is 14.1. The van der Waals surface area contributed by atoms with Gasteiger partial charge in [-0.25, -0.2) is 4.79 Å². The molecule has 0 N–H and O–H groups in total. The van der Waals surface area contributed by atoms with Gasteiger partial charge in [0.2, 0.25) is 5.78 Å². The number of carbonyl (C=O) groups is 2. The van der Waals surface area contributed by atoms with Gasteiger partial charge in [-0.2, -0.15) is 0 Å². The molecule has 0 aromatic heterocycles. The second kappa shape index (κ2) is 7.14. The zero-order valence-electron chi connectivity index (χ0n) is 13.3. The van der Waals surface area contributed by atoms with Crippen LogP contribution in [-0.4, -0.2) is 34.6 Å². The Balaban J connectivity index is 1.86. The van der Waals surface area contributed by atoms with Gasteiger partial charge in [0, 0.05) is 24.0 Å². The van der Waals surface area contributed by atoms with Crippen molar-refractivity contribution in [3.8, 4) is 0 Å². The van der Waals surface area contributed by atoms with Crippen LogP contribution in [0.4, 0.5) is 0 Å². The Labute approximate surface area is 135 Å². The second-order valence-corrected chi connectivity index (χ2v) is 8.40. The topological polar surface area (TPSA) is 43.4 Å². The van der Waals surface area contributed by atoms with Crippen LogP contribution in [-0.2, 0) is 20.4 Å². The molecule has 2 rings (SSSR count). The van der Waals surface area contributed by atoms with Gasteiger partial charge in [-0.3, -0.25) is 4.79 Å². The summed E-state index contributed by atoms with van der Waals surface area (Å²) in [5, 5.41) is 0. The summed E-state index contributed by atoms with van der Waals surface area (Å²) in [6.45, 7) is 7.27. The summed E-state index contributed by atoms with van der Waals surface area (Å²) in [5.41, 5.74) is 0.817. The Morgan fingerprint density at radius 1 is 1.23 bits per heavy atom. The van der Waals surface area contributed by atoms with Crippen LogP contribution < -0.4 is 0 Å². The molecule has 1 aliphatic heterocycles. The number of rotatable bonds is 5. The first-order valence-electron chi connectivity index (χ1n) is 7.51. The number of Topliss-reactive ketones (excluding diaryl/α,β-unsaturated/α-hetero) is 1. The molecule has 0 atom stereocenters. The van der Waals surface area contributed by atoms with Crippen LogP contribution in [0.3, 0.4) is 0 Å². The quantitative estimate of drug-likeness (QED) is 0.362. The predicted molar refractivity (Wildman–Crippen MR) is 91.3 cm³/mol. The predicted octanol–water partition coefficient (Wildman–Crippen LogP) is 3.16. The highest BCUT2D eigenvalue weighted by molar-refractivity contribution is 7.97. The second-order valence-electron chi connectivity index (χ2n) is 6.07. The fourth-order valence-electron chi connectivity index (χ4n) is 2.40. The van der Waals surface area contributed by atoms with Gasteiger partial charge in [-0.05, 0) is 24.7 Å². The Kier molecular flexibility index (Phi) is 5.46. The smallest absolute Gasteiger partial charge is 0.333 e. The van der Waals surface area contributed by atoms with Gasteiger partial charge in [0.25, 0.3) is 0 Å². The van der Waals surface area contributed by atoms with Crippen LogP contribution in [0.2, 0.25) is 0 Å². The van der Waals surface area contributed by atoms with Gasteiger partial charge >= 0.3 is 5.97 Å². The Morgan fingerprint density at radius 2 is 1.82 bits per heavy atom. The van der Waals surface area contributed by atoms with Crippen LogP contribution >= 0.6 is 0 Å². The lowest BCUT2D eigenvalue weighted by Gasteiger charge is -2.32. The van der Waals surface area contributed by atoms with Crippen LogP contribution in [0.25, 0.3) is 0 Å². The standard InChI is InChI=1S/C18H23O3S/c1-14(2)17(20)21-18(3)9-11-22(12-10-18)13-16(19)15-7-5-4-6-8-15/h4-8H,1,9-13H2,2-3H3/q+1. The van der Waals surface area contributed by atoms with Crippen molar-refractivity contribution in [2.45, 2.75) is 32.3 Å². The minimum absolute atomic E-state index is 0.0894. The molecule has 4 heteroatoms. The van der Waals surface area contributed by atoms with Gasteiger partial charge in [0.1, 0.15) is 17.1 Å². The van der Waals surface area contributed by atoms with Gasteiger partial charge < -0.3 is 4.74 Å². The third-order valence-corrected chi connectivity index (χ3v) is 6.19. The molecule has 0 saturated carbocycles. The van der Waals surface area contributed by atoms with Crippen molar-refractivity contribution in [1.82, 2.24) is 0 Å². The Bertz CT molecular complexity index is 557. The maximum atomic E-state index is 12.3. The number of ketones is 1. The molecule has 0 spiro atoms. The molecule has 1 saturated heterocycles. The van der Waals surface area contributed by atoms with Gasteiger partial charge in [0.05, 0.1) is 0 Å². The lowest BCUT2D eigenvalue weighted by atomic mass is 9.99. The van der Waals surface area contributed by atoms with Crippen LogP contribution in [0.15, 0.2) is 42.5 Å². The van der Waals surface area contributed by atoms with Gasteiger partial charge in [0.15, 0.2) is 5.75 Å². The van der Waals surface area contributed by atoms with E-state index in [9.17, 15) is 9.59 Å². The third-order valence-electron chi connectivity index (χ3n) is 3.96. The van der Waals surface area contributed by atoms with E-state index in [0.29, 0.717) is 11.3 Å². The first-order chi connectivity index (χ1) is 10.4. The lowest BCUT2D eigenvalue weighted by Crippen LogP contribution is -2.42. The maximum absolute atomic E-state index is 12.3. The summed E-state index contributed by atoms with van der Waals surface area (Å²) >= 11 is 0. The van der Waals surface area contributed by atoms with E-state index >= 15 is 0 Å². The summed E-state index contributed by atoms with van der Waals surface area (Å²) in [7, 11) is 0.0894. The van der Waals surface area contributed by atoms with E-state index in [1.807, 2.05) is 37.3 Å². The van der Waals surface area contributed by atoms with Crippen molar-refractivity contribution in [1.29, 1.82) is 0 Å². The molecule has 0 bridgehead atoms. The molecule has 0 radical (unpaired) electrons. The van der Waals surface area contributed by atoms with Gasteiger partial charge in [-0.1, -0.05) is 36.9 Å². The summed E-state index contributed by atoms with van der Waals surface area (Å²) < 4.78 is 5.56. The molecule has 3 nitrogen and oxygen atoms in total. The third kappa shape index (κ3) is 4.47.